The van der Waals surface area contributed by atoms with Gasteiger partial charge in [0, 0.05) is 15.6 Å². The largest absolute Gasteiger partial charge is 0.289 e. The molecule has 5 aromatic carbocycles. The van der Waals surface area contributed by atoms with Crippen molar-refractivity contribution in [2.75, 3.05) is 0 Å². The van der Waals surface area contributed by atoms with E-state index in [4.69, 9.17) is 0 Å². The van der Waals surface area contributed by atoms with Crippen LogP contribution in [0.1, 0.15) is 38.2 Å². The van der Waals surface area contributed by atoms with E-state index in [0.717, 1.165) is 49.0 Å². The molecule has 0 radical (unpaired) electrons. The average Bonchev–Trinajstić information content (AvgIpc) is 2.91. The molecular weight excluding hydrogens is 480 g/mol. The fraction of sp³-hybridized carbons (Fsp3) is 0.0312. The van der Waals surface area contributed by atoms with Crippen LogP contribution in [0, 0.1) is 0 Å². The Morgan fingerprint density at radius 2 is 1.03 bits per heavy atom. The van der Waals surface area contributed by atoms with E-state index in [1.807, 2.05) is 42.5 Å². The van der Waals surface area contributed by atoms with Gasteiger partial charge in [-0.15, -0.1) is 0 Å². The number of fused-ring (bicyclic) bond motifs is 2. The standard InChI is InChI=1S/C32H21BrO/c33-26-18-15-22(16-19-26)23-17-20-30-28(21-23)31(34)27-13-7-8-14-29(27)32(30,24-9-3-1-4-10-24)25-11-5-2-6-12-25/h1-21H. The number of rotatable bonds is 3. The molecule has 0 bridgehead atoms. The lowest BCUT2D eigenvalue weighted by Crippen LogP contribution is -2.38. The van der Waals surface area contributed by atoms with Crippen LogP contribution < -0.4 is 0 Å². The molecule has 0 aromatic heterocycles. The highest BCUT2D eigenvalue weighted by molar-refractivity contribution is 9.10. The third kappa shape index (κ3) is 3.10. The molecule has 0 fully saturated rings. The second-order valence-electron chi connectivity index (χ2n) is 8.62. The Hall–Kier alpha value is -3.75. The van der Waals surface area contributed by atoms with Gasteiger partial charge in [-0.1, -0.05) is 125 Å². The summed E-state index contributed by atoms with van der Waals surface area (Å²) in [5.74, 6) is 0.0760. The number of hydrogen-bond acceptors (Lipinski definition) is 1. The Labute approximate surface area is 207 Å². The van der Waals surface area contributed by atoms with Gasteiger partial charge in [0.1, 0.15) is 0 Å². The molecule has 0 N–H and O–H groups in total. The van der Waals surface area contributed by atoms with Crippen LogP contribution in [0.3, 0.4) is 0 Å². The third-order valence-electron chi connectivity index (χ3n) is 6.84. The molecule has 6 rings (SSSR count). The highest BCUT2D eigenvalue weighted by Crippen LogP contribution is 2.51. The molecule has 5 aromatic rings. The van der Waals surface area contributed by atoms with Crippen molar-refractivity contribution >= 4 is 21.7 Å². The van der Waals surface area contributed by atoms with E-state index in [2.05, 4.69) is 101 Å². The molecule has 162 valence electrons. The van der Waals surface area contributed by atoms with Crippen molar-refractivity contribution in [3.63, 3.8) is 0 Å². The minimum Gasteiger partial charge on any atom is -0.289 e. The molecule has 34 heavy (non-hydrogen) atoms. The topological polar surface area (TPSA) is 17.1 Å². The van der Waals surface area contributed by atoms with E-state index in [-0.39, 0.29) is 5.78 Å². The van der Waals surface area contributed by atoms with Gasteiger partial charge in [0.25, 0.3) is 0 Å². The highest BCUT2D eigenvalue weighted by atomic mass is 79.9. The normalized spacial score (nSPS) is 13.7. The van der Waals surface area contributed by atoms with Crippen LogP contribution in [0.15, 0.2) is 132 Å². The summed E-state index contributed by atoms with van der Waals surface area (Å²) >= 11 is 3.52. The summed E-state index contributed by atoms with van der Waals surface area (Å²) in [6, 6.07) is 43.7. The second-order valence-corrected chi connectivity index (χ2v) is 9.54. The van der Waals surface area contributed by atoms with Gasteiger partial charge in [-0.3, -0.25) is 4.79 Å². The quantitative estimate of drug-likeness (QED) is 0.240. The maximum absolute atomic E-state index is 13.9. The van der Waals surface area contributed by atoms with Crippen LogP contribution in [-0.2, 0) is 5.41 Å². The van der Waals surface area contributed by atoms with Crippen molar-refractivity contribution in [1.82, 2.24) is 0 Å². The van der Waals surface area contributed by atoms with Crippen molar-refractivity contribution < 1.29 is 4.79 Å². The zero-order valence-electron chi connectivity index (χ0n) is 18.4. The first-order valence-corrected chi connectivity index (χ1v) is 12.1. The molecule has 0 amide bonds. The molecule has 0 aliphatic heterocycles. The van der Waals surface area contributed by atoms with Crippen molar-refractivity contribution in [2.24, 2.45) is 0 Å². The predicted molar refractivity (Wildman–Crippen MR) is 141 cm³/mol. The van der Waals surface area contributed by atoms with E-state index in [0.29, 0.717) is 0 Å². The van der Waals surface area contributed by atoms with Gasteiger partial charge < -0.3 is 0 Å². The number of ketones is 1. The molecule has 0 saturated heterocycles. The van der Waals surface area contributed by atoms with Crippen molar-refractivity contribution in [3.8, 4) is 11.1 Å². The van der Waals surface area contributed by atoms with Gasteiger partial charge in [0.15, 0.2) is 5.78 Å². The van der Waals surface area contributed by atoms with Crippen molar-refractivity contribution in [2.45, 2.75) is 5.41 Å². The van der Waals surface area contributed by atoms with Gasteiger partial charge in [-0.2, -0.15) is 0 Å². The van der Waals surface area contributed by atoms with Gasteiger partial charge in [0.05, 0.1) is 5.41 Å². The summed E-state index contributed by atoms with van der Waals surface area (Å²) in [5, 5.41) is 0. The molecule has 0 unspecified atom stereocenters. The Morgan fingerprint density at radius 3 is 1.68 bits per heavy atom. The Bertz CT molecular complexity index is 1460. The lowest BCUT2D eigenvalue weighted by molar-refractivity contribution is 0.103. The minimum absolute atomic E-state index is 0.0760. The zero-order chi connectivity index (χ0) is 23.1. The van der Waals surface area contributed by atoms with E-state index < -0.39 is 5.41 Å². The van der Waals surface area contributed by atoms with Crippen LogP contribution in [0.2, 0.25) is 0 Å². The first kappa shape index (κ1) is 20.8. The monoisotopic (exact) mass is 500 g/mol. The number of halogens is 1. The molecule has 1 aliphatic carbocycles. The SMILES string of the molecule is O=C1c2ccccc2C(c2ccccc2)(c2ccccc2)c2ccc(-c3ccc(Br)cc3)cc21. The van der Waals surface area contributed by atoms with Crippen molar-refractivity contribution in [1.29, 1.82) is 0 Å². The van der Waals surface area contributed by atoms with Gasteiger partial charge in [-0.25, -0.2) is 0 Å². The Kier molecular flexibility index (Phi) is 5.04. The summed E-state index contributed by atoms with van der Waals surface area (Å²) in [6.07, 6.45) is 0. The zero-order valence-corrected chi connectivity index (χ0v) is 20.0. The highest BCUT2D eigenvalue weighted by Gasteiger charge is 2.46. The fourth-order valence-electron chi connectivity index (χ4n) is 5.34. The summed E-state index contributed by atoms with van der Waals surface area (Å²) < 4.78 is 1.03. The summed E-state index contributed by atoms with van der Waals surface area (Å²) in [7, 11) is 0. The molecule has 0 saturated carbocycles. The summed E-state index contributed by atoms with van der Waals surface area (Å²) in [6.45, 7) is 0. The predicted octanol–water partition coefficient (Wildman–Crippen LogP) is 8.04. The van der Waals surface area contributed by atoms with Crippen LogP contribution >= 0.6 is 15.9 Å². The Balaban J connectivity index is 1.72. The molecule has 1 nitrogen and oxygen atoms in total. The first-order valence-electron chi connectivity index (χ1n) is 11.4. The van der Waals surface area contributed by atoms with E-state index in [9.17, 15) is 4.79 Å². The lowest BCUT2D eigenvalue weighted by atomic mass is 9.59. The molecule has 2 heteroatoms. The first-order chi connectivity index (χ1) is 16.7. The number of hydrogen-bond donors (Lipinski definition) is 0. The lowest BCUT2D eigenvalue weighted by Gasteiger charge is -2.41. The number of carbonyl (C=O) groups excluding carboxylic acids is 1. The summed E-state index contributed by atoms with van der Waals surface area (Å²) in [4.78, 5) is 13.9. The molecule has 1 aliphatic rings. The fourth-order valence-corrected chi connectivity index (χ4v) is 5.61. The summed E-state index contributed by atoms with van der Waals surface area (Å²) in [5.41, 5.74) is 7.41. The minimum atomic E-state index is -0.583. The molecule has 0 spiro atoms. The van der Waals surface area contributed by atoms with Crippen LogP contribution in [-0.4, -0.2) is 5.78 Å². The third-order valence-corrected chi connectivity index (χ3v) is 7.36. The van der Waals surface area contributed by atoms with E-state index in [1.54, 1.807) is 0 Å². The Morgan fingerprint density at radius 1 is 0.500 bits per heavy atom. The van der Waals surface area contributed by atoms with Crippen LogP contribution in [0.25, 0.3) is 11.1 Å². The number of benzene rings is 5. The second kappa shape index (κ2) is 8.23. The van der Waals surface area contributed by atoms with Gasteiger partial charge in [0.2, 0.25) is 0 Å². The van der Waals surface area contributed by atoms with Crippen LogP contribution in [0.5, 0.6) is 0 Å². The van der Waals surface area contributed by atoms with E-state index >= 15 is 0 Å². The maximum atomic E-state index is 13.9. The smallest absolute Gasteiger partial charge is 0.193 e. The van der Waals surface area contributed by atoms with Gasteiger partial charge in [-0.05, 0) is 51.6 Å². The van der Waals surface area contributed by atoms with Crippen LogP contribution in [0.4, 0.5) is 0 Å². The number of carbonyl (C=O) groups is 1. The van der Waals surface area contributed by atoms with Crippen molar-refractivity contribution in [3.05, 3.63) is 165 Å². The molecule has 0 atom stereocenters. The average molecular weight is 501 g/mol. The van der Waals surface area contributed by atoms with Gasteiger partial charge >= 0.3 is 0 Å². The molecule has 0 heterocycles. The molecular formula is C32H21BrO. The van der Waals surface area contributed by atoms with E-state index in [1.165, 1.54) is 0 Å². The maximum Gasteiger partial charge on any atom is 0.193 e.